The summed E-state index contributed by atoms with van der Waals surface area (Å²) in [7, 11) is 4.06. The van der Waals surface area contributed by atoms with E-state index in [-0.39, 0.29) is 5.91 Å². The summed E-state index contributed by atoms with van der Waals surface area (Å²) < 4.78 is 2.21. The van der Waals surface area contributed by atoms with Crippen LogP contribution in [0.5, 0.6) is 0 Å². The molecule has 27 heavy (non-hydrogen) atoms. The van der Waals surface area contributed by atoms with Gasteiger partial charge in [-0.15, -0.1) is 0 Å². The van der Waals surface area contributed by atoms with Crippen molar-refractivity contribution in [1.29, 1.82) is 0 Å². The smallest absolute Gasteiger partial charge is 0.227 e. The van der Waals surface area contributed by atoms with Gasteiger partial charge in [0.05, 0.1) is 6.42 Å². The lowest BCUT2D eigenvalue weighted by Crippen LogP contribution is -2.37. The molecule has 5 heteroatoms. The minimum atomic E-state index is 0.153. The molecule has 142 valence electrons. The summed E-state index contributed by atoms with van der Waals surface area (Å²) in [6.07, 6.45) is 6.13. The number of para-hydroxylation sites is 1. The molecule has 0 fully saturated rings. The number of hydrogen-bond acceptors (Lipinski definition) is 3. The molecule has 1 aromatic carbocycles. The fraction of sp³-hybridized carbons (Fsp3) is 0.364. The molecular formula is C22H28N4O. The van der Waals surface area contributed by atoms with E-state index in [0.717, 1.165) is 24.2 Å². The van der Waals surface area contributed by atoms with Gasteiger partial charge in [-0.3, -0.25) is 9.78 Å². The van der Waals surface area contributed by atoms with Crippen molar-refractivity contribution in [2.24, 2.45) is 0 Å². The highest BCUT2D eigenvalue weighted by Crippen LogP contribution is 2.22. The average Bonchev–Trinajstić information content (AvgIpc) is 3.03. The van der Waals surface area contributed by atoms with Crippen molar-refractivity contribution < 1.29 is 4.79 Å². The number of carbonyl (C=O) groups is 1. The van der Waals surface area contributed by atoms with E-state index in [9.17, 15) is 4.79 Å². The van der Waals surface area contributed by atoms with Gasteiger partial charge in [0.2, 0.25) is 5.91 Å². The number of fused-ring (bicyclic) bond motifs is 1. The highest BCUT2D eigenvalue weighted by atomic mass is 16.2. The molecule has 3 aromatic rings. The number of rotatable bonds is 8. The van der Waals surface area contributed by atoms with Crippen LogP contribution in [0, 0.1) is 0 Å². The molecular weight excluding hydrogens is 336 g/mol. The summed E-state index contributed by atoms with van der Waals surface area (Å²) in [5, 5.41) is 1.17. The van der Waals surface area contributed by atoms with Crippen LogP contribution in [0.2, 0.25) is 0 Å². The highest BCUT2D eigenvalue weighted by molar-refractivity contribution is 5.89. The van der Waals surface area contributed by atoms with E-state index in [1.165, 1.54) is 10.9 Å². The minimum Gasteiger partial charge on any atom is -0.347 e. The van der Waals surface area contributed by atoms with Crippen LogP contribution in [0.4, 0.5) is 0 Å². The van der Waals surface area contributed by atoms with Crippen molar-refractivity contribution in [3.8, 4) is 0 Å². The summed E-state index contributed by atoms with van der Waals surface area (Å²) in [4.78, 5) is 21.4. The van der Waals surface area contributed by atoms with Crippen LogP contribution in [-0.4, -0.2) is 52.4 Å². The predicted molar refractivity (Wildman–Crippen MR) is 110 cm³/mol. The number of pyridine rings is 1. The largest absolute Gasteiger partial charge is 0.347 e. The Morgan fingerprint density at radius 1 is 1.11 bits per heavy atom. The van der Waals surface area contributed by atoms with Gasteiger partial charge in [-0.1, -0.05) is 24.3 Å². The fourth-order valence-corrected chi connectivity index (χ4v) is 3.32. The molecule has 1 amide bonds. The number of amides is 1. The van der Waals surface area contributed by atoms with Gasteiger partial charge in [-0.05, 0) is 44.3 Å². The number of hydrogen-bond donors (Lipinski definition) is 0. The maximum atomic E-state index is 13.1. The molecule has 2 heterocycles. The molecule has 0 aliphatic carbocycles. The second-order valence-corrected chi connectivity index (χ2v) is 7.11. The molecule has 0 N–H and O–H groups in total. The van der Waals surface area contributed by atoms with Gasteiger partial charge < -0.3 is 14.4 Å². The normalized spacial score (nSPS) is 11.3. The molecule has 5 nitrogen and oxygen atoms in total. The van der Waals surface area contributed by atoms with Gasteiger partial charge in [0, 0.05) is 55.7 Å². The molecule has 0 bridgehead atoms. The number of nitrogens with zero attached hydrogens (tertiary/aromatic N) is 4. The molecule has 0 unspecified atom stereocenters. The molecule has 0 radical (unpaired) electrons. The third-order valence-electron chi connectivity index (χ3n) is 4.82. The van der Waals surface area contributed by atoms with Gasteiger partial charge in [-0.2, -0.15) is 0 Å². The topological polar surface area (TPSA) is 41.4 Å². The summed E-state index contributed by atoms with van der Waals surface area (Å²) in [6.45, 7) is 5.15. The number of aromatic nitrogens is 2. The third-order valence-corrected chi connectivity index (χ3v) is 4.82. The first kappa shape index (κ1) is 19.1. The van der Waals surface area contributed by atoms with Gasteiger partial charge >= 0.3 is 0 Å². The Morgan fingerprint density at radius 2 is 1.93 bits per heavy atom. The fourth-order valence-electron chi connectivity index (χ4n) is 3.32. The first-order valence-electron chi connectivity index (χ1n) is 9.46. The SMILES string of the molecule is CCn1cc(CC(=O)N(CCN(C)C)Cc2cccnc2)c2ccccc21. The molecule has 0 saturated carbocycles. The number of aryl methyl sites for hydroxylation is 1. The molecule has 2 aromatic heterocycles. The Kier molecular flexibility index (Phi) is 6.24. The Balaban J connectivity index is 1.81. The zero-order valence-corrected chi connectivity index (χ0v) is 16.4. The molecule has 0 aliphatic heterocycles. The van der Waals surface area contributed by atoms with Crippen molar-refractivity contribution in [3.05, 3.63) is 66.1 Å². The van der Waals surface area contributed by atoms with Crippen LogP contribution in [0.25, 0.3) is 10.9 Å². The summed E-state index contributed by atoms with van der Waals surface area (Å²) in [5.74, 6) is 0.153. The Hall–Kier alpha value is -2.66. The van der Waals surface area contributed by atoms with E-state index in [1.807, 2.05) is 49.5 Å². The Bertz CT molecular complexity index is 886. The van der Waals surface area contributed by atoms with E-state index in [0.29, 0.717) is 19.5 Å². The molecule has 3 rings (SSSR count). The van der Waals surface area contributed by atoms with Crippen LogP contribution in [0.15, 0.2) is 55.0 Å². The number of likely N-dealkylation sites (N-methyl/N-ethyl adjacent to an activating group) is 1. The monoisotopic (exact) mass is 364 g/mol. The van der Waals surface area contributed by atoms with E-state index in [1.54, 1.807) is 6.20 Å². The van der Waals surface area contributed by atoms with E-state index in [4.69, 9.17) is 0 Å². The first-order chi connectivity index (χ1) is 13.1. The lowest BCUT2D eigenvalue weighted by atomic mass is 10.1. The quantitative estimate of drug-likeness (QED) is 0.616. The summed E-state index contributed by atoms with van der Waals surface area (Å²) in [6, 6.07) is 12.2. The molecule has 0 atom stereocenters. The number of carbonyl (C=O) groups excluding carboxylic acids is 1. The van der Waals surface area contributed by atoms with Gasteiger partial charge in [0.15, 0.2) is 0 Å². The second-order valence-electron chi connectivity index (χ2n) is 7.11. The van der Waals surface area contributed by atoms with E-state index in [2.05, 4.69) is 39.7 Å². The zero-order chi connectivity index (χ0) is 19.2. The lowest BCUT2D eigenvalue weighted by Gasteiger charge is -2.24. The molecule has 0 spiro atoms. The van der Waals surface area contributed by atoms with Gasteiger partial charge in [0.1, 0.15) is 0 Å². The van der Waals surface area contributed by atoms with Crippen LogP contribution in [-0.2, 0) is 24.3 Å². The maximum Gasteiger partial charge on any atom is 0.227 e. The van der Waals surface area contributed by atoms with Crippen molar-refractivity contribution in [2.45, 2.75) is 26.4 Å². The van der Waals surface area contributed by atoms with E-state index >= 15 is 0 Å². The maximum absolute atomic E-state index is 13.1. The Morgan fingerprint density at radius 3 is 2.63 bits per heavy atom. The van der Waals surface area contributed by atoms with Crippen molar-refractivity contribution in [2.75, 3.05) is 27.2 Å². The van der Waals surface area contributed by atoms with Gasteiger partial charge in [0.25, 0.3) is 0 Å². The van der Waals surface area contributed by atoms with Crippen LogP contribution in [0.1, 0.15) is 18.1 Å². The van der Waals surface area contributed by atoms with E-state index < -0.39 is 0 Å². The molecule has 0 aliphatic rings. The minimum absolute atomic E-state index is 0.153. The lowest BCUT2D eigenvalue weighted by molar-refractivity contribution is -0.131. The van der Waals surface area contributed by atoms with Crippen molar-refractivity contribution >= 4 is 16.8 Å². The van der Waals surface area contributed by atoms with Crippen LogP contribution in [0.3, 0.4) is 0 Å². The van der Waals surface area contributed by atoms with Crippen molar-refractivity contribution in [1.82, 2.24) is 19.4 Å². The second kappa shape index (κ2) is 8.82. The average molecular weight is 364 g/mol. The standard InChI is InChI=1S/C22H28N4O/c1-4-25-17-19(20-9-5-6-10-21(20)25)14-22(27)26(13-12-24(2)3)16-18-8-7-11-23-15-18/h5-11,15,17H,4,12-14,16H2,1-3H3. The first-order valence-corrected chi connectivity index (χ1v) is 9.46. The zero-order valence-electron chi connectivity index (χ0n) is 16.4. The van der Waals surface area contributed by atoms with Crippen molar-refractivity contribution in [3.63, 3.8) is 0 Å². The number of benzene rings is 1. The summed E-state index contributed by atoms with van der Waals surface area (Å²) in [5.41, 5.74) is 3.34. The van der Waals surface area contributed by atoms with Crippen LogP contribution >= 0.6 is 0 Å². The predicted octanol–water partition coefficient (Wildman–Crippen LogP) is 3.19. The van der Waals surface area contributed by atoms with Crippen LogP contribution < -0.4 is 0 Å². The Labute approximate surface area is 161 Å². The summed E-state index contributed by atoms with van der Waals surface area (Å²) >= 11 is 0. The molecule has 0 saturated heterocycles. The van der Waals surface area contributed by atoms with Gasteiger partial charge in [-0.25, -0.2) is 0 Å². The highest BCUT2D eigenvalue weighted by Gasteiger charge is 2.18. The third kappa shape index (κ3) is 4.74.